The van der Waals surface area contributed by atoms with Crippen molar-refractivity contribution in [2.75, 3.05) is 26.1 Å². The van der Waals surface area contributed by atoms with Gasteiger partial charge in [-0.15, -0.1) is 0 Å². The Hall–Kier alpha value is -3.86. The van der Waals surface area contributed by atoms with Crippen LogP contribution < -0.4 is 30.2 Å². The van der Waals surface area contributed by atoms with Crippen LogP contribution in [-0.4, -0.2) is 44.6 Å². The van der Waals surface area contributed by atoms with Crippen LogP contribution in [0, 0.1) is 0 Å². The first kappa shape index (κ1) is 22.8. The highest BCUT2D eigenvalue weighted by molar-refractivity contribution is 9.10. The van der Waals surface area contributed by atoms with E-state index in [1.54, 1.807) is 37.4 Å². The average Bonchev–Trinajstić information content (AvgIpc) is 2.75. The molecule has 3 rings (SSSR count). The lowest BCUT2D eigenvalue weighted by Gasteiger charge is -2.16. The van der Waals surface area contributed by atoms with Gasteiger partial charge in [0.25, 0.3) is 17.7 Å². The van der Waals surface area contributed by atoms with Crippen LogP contribution in [0.1, 0.15) is 5.56 Å². The first-order valence-electron chi connectivity index (χ1n) is 9.13. The summed E-state index contributed by atoms with van der Waals surface area (Å²) in [4.78, 5) is 47.2. The molecule has 1 aliphatic heterocycles. The number of nitrogens with one attached hydrogen (secondary N) is 3. The fourth-order valence-corrected chi connectivity index (χ4v) is 3.32. The monoisotopic (exact) mass is 503 g/mol. The summed E-state index contributed by atoms with van der Waals surface area (Å²) in [5, 5.41) is 6.69. The lowest BCUT2D eigenvalue weighted by atomic mass is 10.1. The molecule has 166 valence electrons. The molecule has 5 amide bonds. The minimum absolute atomic E-state index is 0.244. The van der Waals surface area contributed by atoms with Crippen molar-refractivity contribution in [3.63, 3.8) is 0 Å². The molecular weight excluding hydrogens is 486 g/mol. The number of hydrogen-bond donors (Lipinski definition) is 3. The van der Waals surface area contributed by atoms with Crippen molar-refractivity contribution in [2.24, 2.45) is 0 Å². The average molecular weight is 504 g/mol. The predicted molar refractivity (Wildman–Crippen MR) is 117 cm³/mol. The number of imide groups is 2. The molecule has 10 nitrogen and oxygen atoms in total. The third kappa shape index (κ3) is 5.43. The number of benzene rings is 2. The molecular formula is C21H18BrN3O7. The molecule has 1 fully saturated rings. The molecule has 11 heteroatoms. The standard InChI is InChI=1S/C21H18BrN3O7/c1-30-13-5-3-12(4-6-13)23-17(26)10-32-18-15(22)8-11(9-16(18)31-2)7-14-19(27)24-21(29)25-20(14)28/h3-9H,10H2,1-2H3,(H,23,26)(H2,24,25,27,28,29). The van der Waals surface area contributed by atoms with Gasteiger partial charge in [-0.25, -0.2) is 4.79 Å². The van der Waals surface area contributed by atoms with Crippen LogP contribution in [-0.2, 0) is 14.4 Å². The number of carbonyl (C=O) groups excluding carboxylic acids is 4. The molecule has 0 atom stereocenters. The highest BCUT2D eigenvalue weighted by atomic mass is 79.9. The number of carbonyl (C=O) groups is 4. The highest BCUT2D eigenvalue weighted by Crippen LogP contribution is 2.37. The summed E-state index contributed by atoms with van der Waals surface area (Å²) in [6.45, 7) is -0.297. The first-order chi connectivity index (χ1) is 15.3. The van der Waals surface area contributed by atoms with Gasteiger partial charge < -0.3 is 19.5 Å². The topological polar surface area (TPSA) is 132 Å². The van der Waals surface area contributed by atoms with Crippen molar-refractivity contribution in [1.82, 2.24) is 10.6 Å². The van der Waals surface area contributed by atoms with Crippen molar-refractivity contribution < 1.29 is 33.4 Å². The molecule has 0 bridgehead atoms. The van der Waals surface area contributed by atoms with E-state index in [-0.39, 0.29) is 23.7 Å². The van der Waals surface area contributed by atoms with Crippen molar-refractivity contribution in [3.05, 3.63) is 52.0 Å². The van der Waals surface area contributed by atoms with E-state index in [0.29, 0.717) is 21.5 Å². The second-order valence-corrected chi connectivity index (χ2v) is 7.25. The molecule has 0 saturated carbocycles. The van der Waals surface area contributed by atoms with Gasteiger partial charge in [0.15, 0.2) is 18.1 Å². The molecule has 1 heterocycles. The fourth-order valence-electron chi connectivity index (χ4n) is 2.75. The zero-order valence-corrected chi connectivity index (χ0v) is 18.6. The molecule has 1 saturated heterocycles. The summed E-state index contributed by atoms with van der Waals surface area (Å²) in [6.07, 6.45) is 1.30. The number of anilines is 1. The number of amides is 5. The van der Waals surface area contributed by atoms with Crippen molar-refractivity contribution in [3.8, 4) is 17.2 Å². The highest BCUT2D eigenvalue weighted by Gasteiger charge is 2.28. The zero-order chi connectivity index (χ0) is 23.3. The van der Waals surface area contributed by atoms with E-state index in [0.717, 1.165) is 0 Å². The second kappa shape index (κ2) is 9.96. The number of barbiturate groups is 1. The summed E-state index contributed by atoms with van der Waals surface area (Å²) in [6, 6.07) is 9.03. The SMILES string of the molecule is COc1ccc(NC(=O)COc2c(Br)cc(C=C3C(=O)NC(=O)NC3=O)cc2OC)cc1. The van der Waals surface area contributed by atoms with Crippen LogP contribution in [0.2, 0.25) is 0 Å². The van der Waals surface area contributed by atoms with Gasteiger partial charge in [-0.2, -0.15) is 0 Å². The van der Waals surface area contributed by atoms with Crippen LogP contribution in [0.4, 0.5) is 10.5 Å². The van der Waals surface area contributed by atoms with Crippen LogP contribution in [0.3, 0.4) is 0 Å². The van der Waals surface area contributed by atoms with E-state index < -0.39 is 23.8 Å². The summed E-state index contributed by atoms with van der Waals surface area (Å²) >= 11 is 3.34. The lowest BCUT2D eigenvalue weighted by Crippen LogP contribution is -2.51. The summed E-state index contributed by atoms with van der Waals surface area (Å²) in [5.74, 6) is -0.842. The van der Waals surface area contributed by atoms with E-state index in [4.69, 9.17) is 14.2 Å². The summed E-state index contributed by atoms with van der Waals surface area (Å²) in [5.41, 5.74) is 0.763. The van der Waals surface area contributed by atoms with Crippen molar-refractivity contribution in [1.29, 1.82) is 0 Å². The summed E-state index contributed by atoms with van der Waals surface area (Å²) < 4.78 is 16.4. The van der Waals surface area contributed by atoms with Crippen molar-refractivity contribution >= 4 is 51.4 Å². The molecule has 0 radical (unpaired) electrons. The van der Waals surface area contributed by atoms with Gasteiger partial charge >= 0.3 is 6.03 Å². The Morgan fingerprint density at radius 1 is 1.03 bits per heavy atom. The van der Waals surface area contributed by atoms with Gasteiger partial charge in [0.2, 0.25) is 0 Å². The minimum atomic E-state index is -0.882. The predicted octanol–water partition coefficient (Wildman–Crippen LogP) is 2.23. The number of urea groups is 1. The fraction of sp³-hybridized carbons (Fsp3) is 0.143. The Morgan fingerprint density at radius 3 is 2.28 bits per heavy atom. The molecule has 0 unspecified atom stereocenters. The van der Waals surface area contributed by atoms with Gasteiger partial charge in [-0.3, -0.25) is 25.0 Å². The maximum atomic E-state index is 12.2. The molecule has 1 aliphatic rings. The van der Waals surface area contributed by atoms with E-state index >= 15 is 0 Å². The number of methoxy groups -OCH3 is 2. The molecule has 0 aromatic heterocycles. The zero-order valence-electron chi connectivity index (χ0n) is 17.0. The summed E-state index contributed by atoms with van der Waals surface area (Å²) in [7, 11) is 2.95. The maximum absolute atomic E-state index is 12.2. The number of halogens is 1. The Bertz CT molecular complexity index is 1090. The van der Waals surface area contributed by atoms with Gasteiger partial charge in [0.1, 0.15) is 11.3 Å². The third-order valence-corrected chi connectivity index (χ3v) is 4.82. The molecule has 0 aliphatic carbocycles. The minimum Gasteiger partial charge on any atom is -0.497 e. The Morgan fingerprint density at radius 2 is 1.69 bits per heavy atom. The molecule has 2 aromatic rings. The molecule has 32 heavy (non-hydrogen) atoms. The van der Waals surface area contributed by atoms with Gasteiger partial charge in [-0.1, -0.05) is 0 Å². The lowest BCUT2D eigenvalue weighted by molar-refractivity contribution is -0.124. The smallest absolute Gasteiger partial charge is 0.328 e. The first-order valence-corrected chi connectivity index (χ1v) is 9.92. The molecule has 2 aromatic carbocycles. The number of hydrogen-bond acceptors (Lipinski definition) is 7. The van der Waals surface area contributed by atoms with Crippen LogP contribution >= 0.6 is 15.9 Å². The quantitative estimate of drug-likeness (QED) is 0.389. The van der Waals surface area contributed by atoms with E-state index in [1.165, 1.54) is 19.3 Å². The Kier molecular flexibility index (Phi) is 7.11. The van der Waals surface area contributed by atoms with Gasteiger partial charge in [0, 0.05) is 5.69 Å². The maximum Gasteiger partial charge on any atom is 0.328 e. The van der Waals surface area contributed by atoms with Gasteiger partial charge in [0.05, 0.1) is 18.7 Å². The van der Waals surface area contributed by atoms with E-state index in [9.17, 15) is 19.2 Å². The normalized spacial score (nSPS) is 13.1. The number of rotatable bonds is 7. The van der Waals surface area contributed by atoms with Gasteiger partial charge in [-0.05, 0) is 64.0 Å². The molecule has 0 spiro atoms. The second-order valence-electron chi connectivity index (χ2n) is 6.39. The van der Waals surface area contributed by atoms with Crippen LogP contribution in [0.15, 0.2) is 46.4 Å². The number of ether oxygens (including phenoxy) is 3. The Balaban J connectivity index is 1.73. The van der Waals surface area contributed by atoms with E-state index in [1.807, 2.05) is 10.6 Å². The van der Waals surface area contributed by atoms with Crippen LogP contribution in [0.25, 0.3) is 6.08 Å². The third-order valence-electron chi connectivity index (χ3n) is 4.23. The molecule has 3 N–H and O–H groups in total. The van der Waals surface area contributed by atoms with E-state index in [2.05, 4.69) is 21.2 Å². The Labute approximate surface area is 191 Å². The largest absolute Gasteiger partial charge is 0.497 e. The van der Waals surface area contributed by atoms with Crippen molar-refractivity contribution in [2.45, 2.75) is 0 Å². The van der Waals surface area contributed by atoms with Crippen LogP contribution in [0.5, 0.6) is 17.2 Å².